The zero-order valence-corrected chi connectivity index (χ0v) is 13.5. The Morgan fingerprint density at radius 3 is 3.00 bits per heavy atom. The SMILES string of the molecule is O=C(COc1ncnc2ccccc12)N1CCn2nc(CO)cc2C1. The van der Waals surface area contributed by atoms with Gasteiger partial charge in [0.1, 0.15) is 6.33 Å². The average molecular weight is 339 g/mol. The Balaban J connectivity index is 1.44. The Bertz CT molecular complexity index is 918. The number of nitrogens with zero attached hydrogens (tertiary/aromatic N) is 5. The van der Waals surface area contributed by atoms with Gasteiger partial charge in [-0.15, -0.1) is 0 Å². The van der Waals surface area contributed by atoms with Gasteiger partial charge in [0.05, 0.1) is 42.0 Å². The van der Waals surface area contributed by atoms with Gasteiger partial charge in [0, 0.05) is 6.54 Å². The number of amides is 1. The number of fused-ring (bicyclic) bond motifs is 2. The zero-order valence-electron chi connectivity index (χ0n) is 13.5. The first-order chi connectivity index (χ1) is 12.2. The van der Waals surface area contributed by atoms with Gasteiger partial charge in [-0.2, -0.15) is 5.10 Å². The van der Waals surface area contributed by atoms with Crippen LogP contribution in [0.2, 0.25) is 0 Å². The van der Waals surface area contributed by atoms with Crippen molar-refractivity contribution in [3.05, 3.63) is 48.0 Å². The molecule has 3 heterocycles. The molecule has 0 saturated heterocycles. The van der Waals surface area contributed by atoms with E-state index in [0.717, 1.165) is 16.6 Å². The summed E-state index contributed by atoms with van der Waals surface area (Å²) in [6, 6.07) is 9.33. The van der Waals surface area contributed by atoms with E-state index in [4.69, 9.17) is 4.74 Å². The number of hydrogen-bond acceptors (Lipinski definition) is 6. The van der Waals surface area contributed by atoms with Crippen LogP contribution < -0.4 is 4.74 Å². The number of aliphatic hydroxyl groups excluding tert-OH is 1. The number of para-hydroxylation sites is 1. The summed E-state index contributed by atoms with van der Waals surface area (Å²) in [6.45, 7) is 1.45. The molecule has 2 aromatic heterocycles. The number of aromatic nitrogens is 4. The van der Waals surface area contributed by atoms with Crippen molar-refractivity contribution < 1.29 is 14.6 Å². The van der Waals surface area contributed by atoms with E-state index in [1.165, 1.54) is 6.33 Å². The fourth-order valence-electron chi connectivity index (χ4n) is 2.93. The molecule has 4 rings (SSSR count). The Morgan fingerprint density at radius 2 is 2.12 bits per heavy atom. The van der Waals surface area contributed by atoms with E-state index in [0.29, 0.717) is 31.2 Å². The summed E-state index contributed by atoms with van der Waals surface area (Å²) in [5, 5.41) is 14.2. The summed E-state index contributed by atoms with van der Waals surface area (Å²) >= 11 is 0. The maximum absolute atomic E-state index is 12.5. The number of hydrogen-bond donors (Lipinski definition) is 1. The largest absolute Gasteiger partial charge is 0.467 e. The average Bonchev–Trinajstić information content (AvgIpc) is 3.08. The minimum atomic E-state index is -0.110. The van der Waals surface area contributed by atoms with Gasteiger partial charge in [0.25, 0.3) is 5.91 Å². The van der Waals surface area contributed by atoms with Gasteiger partial charge < -0.3 is 14.7 Å². The molecule has 0 fully saturated rings. The third kappa shape index (κ3) is 3.03. The maximum atomic E-state index is 12.5. The lowest BCUT2D eigenvalue weighted by molar-refractivity contribution is -0.134. The van der Waals surface area contributed by atoms with E-state index in [-0.39, 0.29) is 19.1 Å². The molecule has 1 N–H and O–H groups in total. The molecular formula is C17H17N5O3. The molecule has 0 radical (unpaired) electrons. The first-order valence-electron chi connectivity index (χ1n) is 8.01. The van der Waals surface area contributed by atoms with E-state index in [1.54, 1.807) is 4.90 Å². The molecule has 128 valence electrons. The summed E-state index contributed by atoms with van der Waals surface area (Å²) in [7, 11) is 0. The highest BCUT2D eigenvalue weighted by atomic mass is 16.5. The van der Waals surface area contributed by atoms with E-state index in [2.05, 4.69) is 15.1 Å². The highest BCUT2D eigenvalue weighted by Crippen LogP contribution is 2.21. The summed E-state index contributed by atoms with van der Waals surface area (Å²) in [6.07, 6.45) is 1.43. The summed E-state index contributed by atoms with van der Waals surface area (Å²) in [5.74, 6) is 0.296. The minimum absolute atomic E-state index is 0.0813. The summed E-state index contributed by atoms with van der Waals surface area (Å²) in [5.41, 5.74) is 2.31. The Hall–Kier alpha value is -3.00. The molecule has 1 amide bonds. The van der Waals surface area contributed by atoms with Crippen LogP contribution in [0, 0.1) is 0 Å². The van der Waals surface area contributed by atoms with Gasteiger partial charge >= 0.3 is 0 Å². The van der Waals surface area contributed by atoms with E-state index in [9.17, 15) is 9.90 Å². The second-order valence-corrected chi connectivity index (χ2v) is 5.81. The minimum Gasteiger partial charge on any atom is -0.467 e. The van der Waals surface area contributed by atoms with Crippen LogP contribution in [-0.4, -0.2) is 48.8 Å². The molecule has 1 aliphatic heterocycles. The second kappa shape index (κ2) is 6.48. The molecule has 3 aromatic rings. The van der Waals surface area contributed by atoms with Gasteiger partial charge in [-0.05, 0) is 18.2 Å². The molecule has 1 aromatic carbocycles. The second-order valence-electron chi connectivity index (χ2n) is 5.81. The number of carbonyl (C=O) groups excluding carboxylic acids is 1. The number of ether oxygens (including phenoxy) is 1. The van der Waals surface area contributed by atoms with Gasteiger partial charge in [-0.3, -0.25) is 9.48 Å². The predicted octanol–water partition coefficient (Wildman–Crippen LogP) is 0.740. The molecule has 8 heteroatoms. The lowest BCUT2D eigenvalue weighted by atomic mass is 10.2. The standard InChI is InChI=1S/C17H17N5O3/c23-9-12-7-13-8-21(5-6-22(13)20-12)16(24)10-25-17-14-3-1-2-4-15(14)18-11-19-17/h1-4,7,11,23H,5-6,8-10H2. The summed E-state index contributed by atoms with van der Waals surface area (Å²) in [4.78, 5) is 22.5. The Kier molecular flexibility index (Phi) is 4.02. The fraction of sp³-hybridized carbons (Fsp3) is 0.294. The van der Waals surface area contributed by atoms with Crippen LogP contribution in [0.15, 0.2) is 36.7 Å². The first-order valence-corrected chi connectivity index (χ1v) is 8.01. The molecule has 8 nitrogen and oxygen atoms in total. The third-order valence-electron chi connectivity index (χ3n) is 4.20. The number of rotatable bonds is 4. The number of benzene rings is 1. The van der Waals surface area contributed by atoms with Crippen LogP contribution in [0.5, 0.6) is 5.88 Å². The monoisotopic (exact) mass is 339 g/mol. The predicted molar refractivity (Wildman–Crippen MR) is 88.6 cm³/mol. The lowest BCUT2D eigenvalue weighted by Gasteiger charge is -2.27. The molecule has 0 bridgehead atoms. The van der Waals surface area contributed by atoms with Crippen LogP contribution in [0.1, 0.15) is 11.4 Å². The van der Waals surface area contributed by atoms with Gasteiger partial charge in [-0.1, -0.05) is 12.1 Å². The van der Waals surface area contributed by atoms with Crippen LogP contribution >= 0.6 is 0 Å². The van der Waals surface area contributed by atoms with Crippen LogP contribution in [0.3, 0.4) is 0 Å². The molecule has 0 atom stereocenters. The van der Waals surface area contributed by atoms with E-state index < -0.39 is 0 Å². The van der Waals surface area contributed by atoms with Crippen molar-refractivity contribution in [2.45, 2.75) is 19.7 Å². The van der Waals surface area contributed by atoms with E-state index in [1.807, 2.05) is 35.0 Å². The molecule has 25 heavy (non-hydrogen) atoms. The van der Waals surface area contributed by atoms with Crippen LogP contribution in [0.25, 0.3) is 10.9 Å². The highest BCUT2D eigenvalue weighted by molar-refractivity contribution is 5.84. The zero-order chi connectivity index (χ0) is 17.2. The van der Waals surface area contributed by atoms with Gasteiger partial charge in [-0.25, -0.2) is 9.97 Å². The summed E-state index contributed by atoms with van der Waals surface area (Å²) < 4.78 is 7.47. The molecule has 0 unspecified atom stereocenters. The van der Waals surface area contributed by atoms with Crippen LogP contribution in [0.4, 0.5) is 0 Å². The number of aliphatic hydroxyl groups is 1. The first kappa shape index (κ1) is 15.5. The Labute approximate surface area is 143 Å². The molecule has 0 spiro atoms. The highest BCUT2D eigenvalue weighted by Gasteiger charge is 2.22. The topological polar surface area (TPSA) is 93.4 Å². The fourth-order valence-corrected chi connectivity index (χ4v) is 2.93. The quantitative estimate of drug-likeness (QED) is 0.753. The van der Waals surface area contributed by atoms with E-state index >= 15 is 0 Å². The van der Waals surface area contributed by atoms with Crippen molar-refractivity contribution in [2.75, 3.05) is 13.2 Å². The van der Waals surface area contributed by atoms with Crippen molar-refractivity contribution >= 4 is 16.8 Å². The van der Waals surface area contributed by atoms with Gasteiger partial charge in [0.15, 0.2) is 6.61 Å². The number of carbonyl (C=O) groups is 1. The molecule has 0 aliphatic carbocycles. The van der Waals surface area contributed by atoms with Crippen molar-refractivity contribution in [1.29, 1.82) is 0 Å². The van der Waals surface area contributed by atoms with Crippen molar-refractivity contribution in [1.82, 2.24) is 24.6 Å². The smallest absolute Gasteiger partial charge is 0.260 e. The van der Waals surface area contributed by atoms with Crippen molar-refractivity contribution in [2.24, 2.45) is 0 Å². The molecular weight excluding hydrogens is 322 g/mol. The molecule has 1 aliphatic rings. The van der Waals surface area contributed by atoms with Gasteiger partial charge in [0.2, 0.25) is 5.88 Å². The maximum Gasteiger partial charge on any atom is 0.260 e. The Morgan fingerprint density at radius 1 is 1.24 bits per heavy atom. The third-order valence-corrected chi connectivity index (χ3v) is 4.20. The van der Waals surface area contributed by atoms with Crippen LogP contribution in [-0.2, 0) is 24.5 Å². The normalized spacial score (nSPS) is 13.7. The lowest BCUT2D eigenvalue weighted by Crippen LogP contribution is -2.40. The van der Waals surface area contributed by atoms with Crippen molar-refractivity contribution in [3.8, 4) is 5.88 Å². The molecule has 0 saturated carbocycles. The van der Waals surface area contributed by atoms with Crippen molar-refractivity contribution in [3.63, 3.8) is 0 Å².